The zero-order valence-corrected chi connectivity index (χ0v) is 22.7. The molecule has 39 heavy (non-hydrogen) atoms. The molecule has 0 fully saturated rings. The third-order valence-corrected chi connectivity index (χ3v) is 6.94. The maximum atomic E-state index is 13.2. The molecule has 2 aromatic heterocycles. The van der Waals surface area contributed by atoms with Crippen LogP contribution in [0.5, 0.6) is 5.75 Å². The standard InChI is InChI=1S/C31H34N6O2/c1-4-29(30-33-34-35-37(30)20-23-9-7-6-8-10-23)36(19-24-13-11-22(3)12-14-24)21-26-17-25-18-27(39-5-2)15-16-28(25)32-31(26)38/h6-18,29H,4-5,19-21H2,1-3H3,(H,32,38)/t29-/m0/s1. The molecule has 8 nitrogen and oxygen atoms in total. The van der Waals surface area contributed by atoms with Gasteiger partial charge in [0.25, 0.3) is 5.56 Å². The lowest BCUT2D eigenvalue weighted by molar-refractivity contribution is 0.161. The summed E-state index contributed by atoms with van der Waals surface area (Å²) in [7, 11) is 0. The van der Waals surface area contributed by atoms with Gasteiger partial charge in [0.15, 0.2) is 5.82 Å². The minimum atomic E-state index is -0.102. The number of aromatic amines is 1. The van der Waals surface area contributed by atoms with Gasteiger partial charge < -0.3 is 9.72 Å². The largest absolute Gasteiger partial charge is 0.494 e. The summed E-state index contributed by atoms with van der Waals surface area (Å²) in [6.45, 7) is 8.42. The molecule has 5 aromatic rings. The van der Waals surface area contributed by atoms with Gasteiger partial charge in [0.1, 0.15) is 5.75 Å². The number of H-pyrrole nitrogens is 1. The van der Waals surface area contributed by atoms with Crippen molar-refractivity contribution in [3.8, 4) is 5.75 Å². The maximum absolute atomic E-state index is 13.2. The Kier molecular flexibility index (Phi) is 8.13. The van der Waals surface area contributed by atoms with Gasteiger partial charge in [0.2, 0.25) is 0 Å². The van der Waals surface area contributed by atoms with E-state index in [-0.39, 0.29) is 11.6 Å². The van der Waals surface area contributed by atoms with Crippen LogP contribution < -0.4 is 10.3 Å². The predicted octanol–water partition coefficient (Wildman–Crippen LogP) is 5.42. The van der Waals surface area contributed by atoms with Crippen molar-refractivity contribution in [3.05, 3.63) is 117 Å². The number of nitrogens with zero attached hydrogens (tertiary/aromatic N) is 5. The summed E-state index contributed by atoms with van der Waals surface area (Å²) in [6.07, 6.45) is 0.779. The molecule has 1 N–H and O–H groups in total. The second-order valence-corrected chi connectivity index (χ2v) is 9.80. The van der Waals surface area contributed by atoms with Gasteiger partial charge in [-0.25, -0.2) is 4.68 Å². The number of ether oxygens (including phenoxy) is 1. The molecular formula is C31H34N6O2. The summed E-state index contributed by atoms with van der Waals surface area (Å²) in [5, 5.41) is 13.8. The van der Waals surface area contributed by atoms with E-state index in [2.05, 4.69) is 75.7 Å². The van der Waals surface area contributed by atoms with Crippen molar-refractivity contribution in [2.45, 2.75) is 52.9 Å². The first-order chi connectivity index (χ1) is 19.0. The second-order valence-electron chi connectivity index (χ2n) is 9.80. The second kappa shape index (κ2) is 12.0. The van der Waals surface area contributed by atoms with E-state index in [1.165, 1.54) is 5.56 Å². The molecule has 0 bridgehead atoms. The molecule has 5 rings (SSSR count). The SMILES string of the molecule is CCOc1ccc2[nH]c(=O)c(CN(Cc3ccc(C)cc3)[C@@H](CC)c3nnnn3Cc3ccccc3)cc2c1. The van der Waals surface area contributed by atoms with E-state index in [4.69, 9.17) is 4.74 Å². The van der Waals surface area contributed by atoms with Crippen LogP contribution in [-0.2, 0) is 19.6 Å². The van der Waals surface area contributed by atoms with Gasteiger partial charge in [0.05, 0.1) is 19.2 Å². The van der Waals surface area contributed by atoms with Crippen LogP contribution in [0.25, 0.3) is 10.9 Å². The average molecular weight is 523 g/mol. The van der Waals surface area contributed by atoms with Gasteiger partial charge in [0, 0.05) is 29.6 Å². The third-order valence-electron chi connectivity index (χ3n) is 6.94. The van der Waals surface area contributed by atoms with Crippen LogP contribution in [0.1, 0.15) is 54.4 Å². The Labute approximate surface area is 228 Å². The van der Waals surface area contributed by atoms with Crippen LogP contribution in [0.3, 0.4) is 0 Å². The van der Waals surface area contributed by atoms with Crippen molar-refractivity contribution in [2.24, 2.45) is 0 Å². The summed E-state index contributed by atoms with van der Waals surface area (Å²) in [5.41, 5.74) is 4.87. The minimum Gasteiger partial charge on any atom is -0.494 e. The van der Waals surface area contributed by atoms with Crippen molar-refractivity contribution in [1.82, 2.24) is 30.1 Å². The lowest BCUT2D eigenvalue weighted by Gasteiger charge is -2.30. The first kappa shape index (κ1) is 26.3. The van der Waals surface area contributed by atoms with Crippen molar-refractivity contribution < 1.29 is 4.74 Å². The average Bonchev–Trinajstić information content (AvgIpc) is 3.39. The van der Waals surface area contributed by atoms with Crippen molar-refractivity contribution in [3.63, 3.8) is 0 Å². The highest BCUT2D eigenvalue weighted by atomic mass is 16.5. The summed E-state index contributed by atoms with van der Waals surface area (Å²) >= 11 is 0. The molecule has 200 valence electrons. The Balaban J connectivity index is 1.52. The highest BCUT2D eigenvalue weighted by Crippen LogP contribution is 2.27. The summed E-state index contributed by atoms with van der Waals surface area (Å²) < 4.78 is 7.56. The van der Waals surface area contributed by atoms with E-state index in [0.29, 0.717) is 31.8 Å². The normalized spacial score (nSPS) is 12.2. The highest BCUT2D eigenvalue weighted by molar-refractivity contribution is 5.80. The van der Waals surface area contributed by atoms with Crippen LogP contribution in [0.15, 0.2) is 83.7 Å². The number of fused-ring (bicyclic) bond motifs is 1. The van der Waals surface area contributed by atoms with Crippen molar-refractivity contribution in [2.75, 3.05) is 6.61 Å². The molecule has 0 saturated heterocycles. The first-order valence-corrected chi connectivity index (χ1v) is 13.4. The quantitative estimate of drug-likeness (QED) is 0.249. The zero-order valence-electron chi connectivity index (χ0n) is 22.7. The Morgan fingerprint density at radius 1 is 0.949 bits per heavy atom. The van der Waals surface area contributed by atoms with Crippen molar-refractivity contribution >= 4 is 10.9 Å². The number of hydrogen-bond acceptors (Lipinski definition) is 6. The number of benzene rings is 3. The van der Waals surface area contributed by atoms with Crippen LogP contribution in [0.2, 0.25) is 0 Å². The van der Waals surface area contributed by atoms with Gasteiger partial charge in [-0.15, -0.1) is 5.10 Å². The summed E-state index contributed by atoms with van der Waals surface area (Å²) in [6, 6.07) is 26.3. The van der Waals surface area contributed by atoms with E-state index in [9.17, 15) is 4.79 Å². The number of aryl methyl sites for hydroxylation is 1. The third kappa shape index (κ3) is 6.23. The lowest BCUT2D eigenvalue weighted by Crippen LogP contribution is -2.32. The van der Waals surface area contributed by atoms with Crippen molar-refractivity contribution in [1.29, 1.82) is 0 Å². The van der Waals surface area contributed by atoms with Gasteiger partial charge in [-0.05, 0) is 66.1 Å². The van der Waals surface area contributed by atoms with Gasteiger partial charge in [-0.3, -0.25) is 9.69 Å². The zero-order chi connectivity index (χ0) is 27.2. The molecule has 0 aliphatic carbocycles. The Morgan fingerprint density at radius 3 is 2.49 bits per heavy atom. The van der Waals surface area contributed by atoms with Crippen LogP contribution >= 0.6 is 0 Å². The van der Waals surface area contributed by atoms with Crippen LogP contribution in [0.4, 0.5) is 0 Å². The Bertz CT molecular complexity index is 1580. The van der Waals surface area contributed by atoms with Crippen LogP contribution in [-0.4, -0.2) is 36.7 Å². The molecule has 3 aromatic carbocycles. The number of aromatic nitrogens is 5. The highest BCUT2D eigenvalue weighted by Gasteiger charge is 2.26. The molecule has 0 radical (unpaired) electrons. The fourth-order valence-electron chi connectivity index (χ4n) is 4.95. The van der Waals surface area contributed by atoms with Gasteiger partial charge in [-0.1, -0.05) is 67.1 Å². The summed E-state index contributed by atoms with van der Waals surface area (Å²) in [5.74, 6) is 1.57. The fraction of sp³-hybridized carbons (Fsp3) is 0.290. The van der Waals surface area contributed by atoms with Crippen LogP contribution in [0, 0.1) is 6.92 Å². The minimum absolute atomic E-state index is 0.0979. The molecule has 2 heterocycles. The number of nitrogens with one attached hydrogen (secondary N) is 1. The molecule has 0 amide bonds. The van der Waals surface area contributed by atoms with Gasteiger partial charge in [-0.2, -0.15) is 0 Å². The molecule has 1 atom stereocenters. The van der Waals surface area contributed by atoms with E-state index in [1.807, 2.05) is 54.1 Å². The molecule has 0 aliphatic rings. The van der Waals surface area contributed by atoms with E-state index >= 15 is 0 Å². The summed E-state index contributed by atoms with van der Waals surface area (Å²) in [4.78, 5) is 18.6. The Hall–Kier alpha value is -4.30. The molecule has 0 saturated carbocycles. The molecule has 8 heteroatoms. The van der Waals surface area contributed by atoms with Gasteiger partial charge >= 0.3 is 0 Å². The number of tetrazole rings is 1. The number of hydrogen-bond donors (Lipinski definition) is 1. The van der Waals surface area contributed by atoms with E-state index in [1.54, 1.807) is 0 Å². The number of rotatable bonds is 11. The monoisotopic (exact) mass is 522 g/mol. The fourth-order valence-corrected chi connectivity index (χ4v) is 4.95. The topological polar surface area (TPSA) is 88.9 Å². The smallest absolute Gasteiger partial charge is 0.252 e. The molecular weight excluding hydrogens is 488 g/mol. The Morgan fingerprint density at radius 2 is 1.74 bits per heavy atom. The lowest BCUT2D eigenvalue weighted by atomic mass is 10.1. The first-order valence-electron chi connectivity index (χ1n) is 13.4. The number of pyridine rings is 1. The predicted molar refractivity (Wildman–Crippen MR) is 153 cm³/mol. The van der Waals surface area contributed by atoms with E-state index in [0.717, 1.165) is 40.0 Å². The molecule has 0 spiro atoms. The maximum Gasteiger partial charge on any atom is 0.252 e. The molecule has 0 aliphatic heterocycles. The molecule has 0 unspecified atom stereocenters. The van der Waals surface area contributed by atoms with E-state index < -0.39 is 0 Å².